The average Bonchev–Trinajstić information content (AvgIpc) is 3.56. The van der Waals surface area contributed by atoms with E-state index in [1.54, 1.807) is 0 Å². The number of anilines is 3. The predicted octanol–water partition coefficient (Wildman–Crippen LogP) is 13.9. The van der Waals surface area contributed by atoms with Crippen molar-refractivity contribution in [1.29, 1.82) is 0 Å². The van der Waals surface area contributed by atoms with Gasteiger partial charge in [-0.1, -0.05) is 152 Å². The Bertz CT molecular complexity index is 2900. The molecular formula is C50H34N2. The Hall–Kier alpha value is -6.90. The summed E-state index contributed by atoms with van der Waals surface area (Å²) < 4.78 is 2.39. The highest BCUT2D eigenvalue weighted by Gasteiger charge is 2.20. The highest BCUT2D eigenvalue weighted by molar-refractivity contribution is 6.16. The molecule has 52 heavy (non-hydrogen) atoms. The van der Waals surface area contributed by atoms with Crippen molar-refractivity contribution in [3.8, 4) is 27.9 Å². The average molecular weight is 663 g/mol. The quantitative estimate of drug-likeness (QED) is 0.161. The van der Waals surface area contributed by atoms with E-state index in [9.17, 15) is 0 Å². The number of hydrogen-bond donors (Lipinski definition) is 0. The van der Waals surface area contributed by atoms with E-state index >= 15 is 0 Å². The largest absolute Gasteiger partial charge is 0.310 e. The number of fused-ring (bicyclic) bond motifs is 6. The minimum Gasteiger partial charge on any atom is -0.310 e. The Kier molecular flexibility index (Phi) is 7.18. The predicted molar refractivity (Wildman–Crippen MR) is 221 cm³/mol. The summed E-state index contributed by atoms with van der Waals surface area (Å²) in [6, 6.07) is 74.7. The third kappa shape index (κ3) is 4.96. The molecule has 2 heteroatoms. The first-order valence-corrected chi connectivity index (χ1v) is 17.9. The first-order valence-electron chi connectivity index (χ1n) is 17.9. The van der Waals surface area contributed by atoms with Crippen LogP contribution in [0.2, 0.25) is 0 Å². The van der Waals surface area contributed by atoms with Crippen LogP contribution < -0.4 is 4.90 Å². The molecule has 0 saturated carbocycles. The van der Waals surface area contributed by atoms with Crippen LogP contribution in [0.1, 0.15) is 0 Å². The van der Waals surface area contributed by atoms with Gasteiger partial charge in [-0.2, -0.15) is 0 Å². The summed E-state index contributed by atoms with van der Waals surface area (Å²) in [4.78, 5) is 2.42. The van der Waals surface area contributed by atoms with E-state index in [4.69, 9.17) is 0 Å². The van der Waals surface area contributed by atoms with E-state index in [0.29, 0.717) is 0 Å². The molecule has 0 unspecified atom stereocenters. The fraction of sp³-hybridized carbons (Fsp3) is 0. The van der Waals surface area contributed by atoms with Crippen molar-refractivity contribution in [2.24, 2.45) is 0 Å². The zero-order valence-electron chi connectivity index (χ0n) is 28.5. The van der Waals surface area contributed by atoms with Crippen molar-refractivity contribution in [2.45, 2.75) is 0 Å². The van der Waals surface area contributed by atoms with Gasteiger partial charge in [0.1, 0.15) is 0 Å². The normalized spacial score (nSPS) is 11.5. The molecule has 0 radical (unpaired) electrons. The topological polar surface area (TPSA) is 8.17 Å². The van der Waals surface area contributed by atoms with E-state index in [2.05, 4.69) is 216 Å². The molecule has 0 amide bonds. The van der Waals surface area contributed by atoms with Gasteiger partial charge in [-0.05, 0) is 92.8 Å². The lowest BCUT2D eigenvalue weighted by Crippen LogP contribution is -2.11. The first kappa shape index (κ1) is 30.0. The van der Waals surface area contributed by atoms with Gasteiger partial charge in [-0.15, -0.1) is 0 Å². The number of hydrogen-bond acceptors (Lipinski definition) is 1. The van der Waals surface area contributed by atoms with Crippen molar-refractivity contribution in [1.82, 2.24) is 4.57 Å². The lowest BCUT2D eigenvalue weighted by atomic mass is 9.97. The van der Waals surface area contributed by atoms with Gasteiger partial charge in [-0.3, -0.25) is 0 Å². The summed E-state index contributed by atoms with van der Waals surface area (Å²) in [5.41, 5.74) is 11.7. The van der Waals surface area contributed by atoms with E-state index < -0.39 is 0 Å². The van der Waals surface area contributed by atoms with E-state index in [1.807, 2.05) is 0 Å². The van der Waals surface area contributed by atoms with Crippen LogP contribution in [0, 0.1) is 0 Å². The van der Waals surface area contributed by atoms with Crippen LogP contribution in [-0.4, -0.2) is 4.57 Å². The maximum absolute atomic E-state index is 2.42. The molecule has 1 heterocycles. The monoisotopic (exact) mass is 662 g/mol. The SMILES string of the molecule is c1ccc(-c2ccccc2N(c2cccc(-c3cccc4c3c3ccccc3n4-c3ccccc3)c2)c2ccc3c(ccc4ccccc43)c2)cc1. The van der Waals surface area contributed by atoms with E-state index in [1.165, 1.54) is 65.6 Å². The van der Waals surface area contributed by atoms with Gasteiger partial charge in [0, 0.05) is 33.4 Å². The lowest BCUT2D eigenvalue weighted by Gasteiger charge is -2.28. The summed E-state index contributed by atoms with van der Waals surface area (Å²) in [5, 5.41) is 7.50. The molecule has 0 atom stereocenters. The van der Waals surface area contributed by atoms with Crippen molar-refractivity contribution < 1.29 is 0 Å². The highest BCUT2D eigenvalue weighted by atomic mass is 15.1. The van der Waals surface area contributed by atoms with Gasteiger partial charge in [0.2, 0.25) is 0 Å². The Morgan fingerprint density at radius 1 is 0.346 bits per heavy atom. The number of aromatic nitrogens is 1. The van der Waals surface area contributed by atoms with Crippen LogP contribution in [0.4, 0.5) is 17.1 Å². The van der Waals surface area contributed by atoms with Crippen molar-refractivity contribution in [2.75, 3.05) is 4.90 Å². The second-order valence-electron chi connectivity index (χ2n) is 13.3. The molecule has 9 aromatic carbocycles. The molecule has 0 N–H and O–H groups in total. The highest BCUT2D eigenvalue weighted by Crippen LogP contribution is 2.44. The number of rotatable bonds is 6. The van der Waals surface area contributed by atoms with E-state index in [0.717, 1.165) is 22.7 Å². The maximum atomic E-state index is 2.42. The van der Waals surface area contributed by atoms with Crippen LogP contribution in [0.25, 0.3) is 71.3 Å². The Morgan fingerprint density at radius 3 is 1.85 bits per heavy atom. The Balaban J connectivity index is 1.20. The van der Waals surface area contributed by atoms with Crippen molar-refractivity contribution in [3.63, 3.8) is 0 Å². The molecule has 10 rings (SSSR count). The molecule has 244 valence electrons. The molecular weight excluding hydrogens is 629 g/mol. The summed E-state index contributed by atoms with van der Waals surface area (Å²) in [7, 11) is 0. The van der Waals surface area contributed by atoms with Gasteiger partial charge in [0.05, 0.1) is 16.7 Å². The maximum Gasteiger partial charge on any atom is 0.0547 e. The summed E-state index contributed by atoms with van der Waals surface area (Å²) in [6.07, 6.45) is 0. The molecule has 0 aliphatic carbocycles. The second-order valence-corrected chi connectivity index (χ2v) is 13.3. The van der Waals surface area contributed by atoms with E-state index in [-0.39, 0.29) is 0 Å². The number of benzene rings is 9. The summed E-state index contributed by atoms with van der Waals surface area (Å²) in [5.74, 6) is 0. The minimum absolute atomic E-state index is 1.10. The van der Waals surface area contributed by atoms with Crippen LogP contribution in [0.5, 0.6) is 0 Å². The molecule has 0 aliphatic heterocycles. The van der Waals surface area contributed by atoms with Gasteiger partial charge >= 0.3 is 0 Å². The zero-order valence-corrected chi connectivity index (χ0v) is 28.5. The van der Waals surface area contributed by atoms with Gasteiger partial charge in [0.15, 0.2) is 0 Å². The fourth-order valence-electron chi connectivity index (χ4n) is 8.02. The molecule has 0 spiro atoms. The van der Waals surface area contributed by atoms with Gasteiger partial charge in [0.25, 0.3) is 0 Å². The van der Waals surface area contributed by atoms with Crippen LogP contribution in [-0.2, 0) is 0 Å². The molecule has 10 aromatic rings. The molecule has 0 aliphatic rings. The van der Waals surface area contributed by atoms with Crippen LogP contribution >= 0.6 is 0 Å². The second kappa shape index (κ2) is 12.5. The Labute approximate surface area is 303 Å². The van der Waals surface area contributed by atoms with Crippen LogP contribution in [0.15, 0.2) is 206 Å². The third-order valence-electron chi connectivity index (χ3n) is 10.3. The molecule has 2 nitrogen and oxygen atoms in total. The standard InChI is InChI=1S/C50H34N2/c1-3-15-35(16-4-1)44-23-9-11-26-47(44)51(41-31-32-43-38(34-41)30-29-36-17-7-8-22-42(36)43)40-21-13-18-37(33-40)45-25-14-28-49-50(45)46-24-10-12-27-48(46)52(49)39-19-5-2-6-20-39/h1-34H. The Morgan fingerprint density at radius 2 is 0.962 bits per heavy atom. The number of nitrogens with zero attached hydrogens (tertiary/aromatic N) is 2. The minimum atomic E-state index is 1.10. The molecule has 1 aromatic heterocycles. The van der Waals surface area contributed by atoms with Gasteiger partial charge < -0.3 is 9.47 Å². The summed E-state index contributed by atoms with van der Waals surface area (Å²) >= 11 is 0. The molecule has 0 fully saturated rings. The number of para-hydroxylation sites is 3. The smallest absolute Gasteiger partial charge is 0.0547 e. The molecule has 0 bridgehead atoms. The summed E-state index contributed by atoms with van der Waals surface area (Å²) in [6.45, 7) is 0. The lowest BCUT2D eigenvalue weighted by molar-refractivity contribution is 1.18. The third-order valence-corrected chi connectivity index (χ3v) is 10.3. The first-order chi connectivity index (χ1) is 25.8. The fourth-order valence-corrected chi connectivity index (χ4v) is 8.02. The van der Waals surface area contributed by atoms with Crippen molar-refractivity contribution >= 4 is 60.4 Å². The zero-order chi connectivity index (χ0) is 34.4. The van der Waals surface area contributed by atoms with Gasteiger partial charge in [-0.25, -0.2) is 0 Å². The van der Waals surface area contributed by atoms with Crippen LogP contribution in [0.3, 0.4) is 0 Å². The van der Waals surface area contributed by atoms with Crippen molar-refractivity contribution in [3.05, 3.63) is 206 Å². The molecule has 0 saturated heterocycles.